The first kappa shape index (κ1) is 24.2. The molecule has 0 aromatic heterocycles. The number of hydrogen-bond acceptors (Lipinski definition) is 3. The standard InChI is InChI=1S/C16H32O2.C2H5NO2/c1-2-3-4-5-6-7-8-9-10-11-12-13-14-15-16(17)18;1-2(4)3-5/h2-15H2,1H3,(H,17,18);5H,1H3,(H,3,4). The molecule has 0 aromatic carbocycles. The molecule has 5 heteroatoms. The Morgan fingerprint density at radius 2 is 1.04 bits per heavy atom. The summed E-state index contributed by atoms with van der Waals surface area (Å²) in [5.74, 6) is -1.09. The maximum absolute atomic E-state index is 10.3. The number of carboxylic acids is 1. The van der Waals surface area contributed by atoms with E-state index in [1.807, 2.05) is 0 Å². The molecule has 0 saturated carbocycles. The number of nitrogens with one attached hydrogen (secondary N) is 1. The van der Waals surface area contributed by atoms with Gasteiger partial charge in [-0.2, -0.15) is 0 Å². The molecule has 0 aliphatic rings. The molecule has 0 rings (SSSR count). The predicted octanol–water partition coefficient (Wildman–Crippen LogP) is 5.06. The van der Waals surface area contributed by atoms with Crippen LogP contribution in [0.2, 0.25) is 0 Å². The van der Waals surface area contributed by atoms with Gasteiger partial charge in [0.15, 0.2) is 0 Å². The Balaban J connectivity index is 0. The third-order valence-electron chi connectivity index (χ3n) is 3.65. The van der Waals surface area contributed by atoms with Gasteiger partial charge < -0.3 is 5.11 Å². The van der Waals surface area contributed by atoms with Crippen LogP contribution in [-0.4, -0.2) is 22.2 Å². The highest BCUT2D eigenvalue weighted by atomic mass is 16.5. The van der Waals surface area contributed by atoms with Gasteiger partial charge in [0.25, 0.3) is 0 Å². The van der Waals surface area contributed by atoms with Gasteiger partial charge in [-0.25, -0.2) is 5.48 Å². The topological polar surface area (TPSA) is 86.6 Å². The summed E-state index contributed by atoms with van der Waals surface area (Å²) >= 11 is 0. The van der Waals surface area contributed by atoms with Crippen LogP contribution >= 0.6 is 0 Å². The van der Waals surface area contributed by atoms with Gasteiger partial charge in [-0.3, -0.25) is 14.8 Å². The van der Waals surface area contributed by atoms with Crippen molar-refractivity contribution in [3.63, 3.8) is 0 Å². The maximum Gasteiger partial charge on any atom is 0.303 e. The molecule has 0 atom stereocenters. The third-order valence-corrected chi connectivity index (χ3v) is 3.65. The van der Waals surface area contributed by atoms with E-state index >= 15 is 0 Å². The zero-order chi connectivity index (χ0) is 17.8. The number of unbranched alkanes of at least 4 members (excludes halogenated alkanes) is 12. The second-order valence-corrected chi connectivity index (χ2v) is 6.05. The number of carbonyl (C=O) groups excluding carboxylic acids is 1. The number of carbonyl (C=O) groups is 2. The Morgan fingerprint density at radius 3 is 1.30 bits per heavy atom. The largest absolute Gasteiger partial charge is 0.481 e. The highest BCUT2D eigenvalue weighted by Crippen LogP contribution is 2.12. The van der Waals surface area contributed by atoms with E-state index in [2.05, 4.69) is 6.92 Å². The van der Waals surface area contributed by atoms with E-state index in [0.717, 1.165) is 12.8 Å². The minimum atomic E-state index is -0.655. The molecule has 0 spiro atoms. The third kappa shape index (κ3) is 29.5. The quantitative estimate of drug-likeness (QED) is 0.236. The van der Waals surface area contributed by atoms with Crippen molar-refractivity contribution in [2.24, 2.45) is 0 Å². The predicted molar refractivity (Wildman–Crippen MR) is 93.6 cm³/mol. The number of hydrogen-bond donors (Lipinski definition) is 3. The van der Waals surface area contributed by atoms with Crippen LogP contribution in [-0.2, 0) is 9.59 Å². The number of carboxylic acid groups (broad SMARTS) is 1. The Kier molecular flexibility index (Phi) is 22.0. The molecule has 0 fully saturated rings. The molecule has 0 aliphatic heterocycles. The molecule has 0 heterocycles. The van der Waals surface area contributed by atoms with E-state index in [4.69, 9.17) is 10.3 Å². The van der Waals surface area contributed by atoms with Crippen molar-refractivity contribution < 1.29 is 19.9 Å². The van der Waals surface area contributed by atoms with Crippen LogP contribution in [0.4, 0.5) is 0 Å². The average molecular weight is 331 g/mol. The molecule has 138 valence electrons. The number of rotatable bonds is 14. The van der Waals surface area contributed by atoms with Crippen LogP contribution in [0.1, 0.15) is 104 Å². The molecule has 0 unspecified atom stereocenters. The second kappa shape index (κ2) is 20.9. The molecular weight excluding hydrogens is 294 g/mol. The van der Waals surface area contributed by atoms with Crippen LogP contribution in [0.3, 0.4) is 0 Å². The Bertz CT molecular complexity index is 270. The molecule has 5 nitrogen and oxygen atoms in total. The number of aliphatic carboxylic acids is 1. The van der Waals surface area contributed by atoms with E-state index < -0.39 is 11.9 Å². The lowest BCUT2D eigenvalue weighted by Crippen LogP contribution is -2.12. The highest BCUT2D eigenvalue weighted by molar-refractivity contribution is 5.71. The zero-order valence-electron chi connectivity index (χ0n) is 15.1. The van der Waals surface area contributed by atoms with Gasteiger partial charge in [-0.05, 0) is 6.42 Å². The Morgan fingerprint density at radius 1 is 0.739 bits per heavy atom. The Hall–Kier alpha value is -1.10. The monoisotopic (exact) mass is 331 g/mol. The minimum absolute atomic E-state index is 0.345. The molecule has 0 saturated heterocycles. The zero-order valence-corrected chi connectivity index (χ0v) is 15.1. The van der Waals surface area contributed by atoms with Crippen LogP contribution in [0.25, 0.3) is 0 Å². The summed E-state index contributed by atoms with van der Waals surface area (Å²) in [6, 6.07) is 0. The summed E-state index contributed by atoms with van der Waals surface area (Å²) in [5.41, 5.74) is 1.39. The van der Waals surface area contributed by atoms with E-state index in [1.54, 1.807) is 0 Å². The first-order chi connectivity index (χ1) is 11.0. The van der Waals surface area contributed by atoms with Crippen molar-refractivity contribution in [1.82, 2.24) is 5.48 Å². The lowest BCUT2D eigenvalue weighted by atomic mass is 10.0. The fraction of sp³-hybridized carbons (Fsp3) is 0.889. The first-order valence-corrected chi connectivity index (χ1v) is 9.17. The van der Waals surface area contributed by atoms with E-state index in [9.17, 15) is 9.59 Å². The van der Waals surface area contributed by atoms with E-state index in [1.165, 1.54) is 83.0 Å². The normalized spacial score (nSPS) is 9.87. The van der Waals surface area contributed by atoms with Crippen molar-refractivity contribution in [3.8, 4) is 0 Å². The van der Waals surface area contributed by atoms with Crippen LogP contribution in [0, 0.1) is 0 Å². The van der Waals surface area contributed by atoms with E-state index in [-0.39, 0.29) is 0 Å². The summed E-state index contributed by atoms with van der Waals surface area (Å²) in [7, 11) is 0. The van der Waals surface area contributed by atoms with Gasteiger partial charge in [-0.15, -0.1) is 0 Å². The summed E-state index contributed by atoms with van der Waals surface area (Å²) in [6.07, 6.45) is 17.3. The van der Waals surface area contributed by atoms with Gasteiger partial charge in [-0.1, -0.05) is 84.0 Å². The van der Waals surface area contributed by atoms with Gasteiger partial charge in [0, 0.05) is 13.3 Å². The number of amides is 1. The van der Waals surface area contributed by atoms with Crippen LogP contribution in [0.5, 0.6) is 0 Å². The fourth-order valence-corrected chi connectivity index (χ4v) is 2.29. The summed E-state index contributed by atoms with van der Waals surface area (Å²) in [4.78, 5) is 19.8. The molecule has 0 aliphatic carbocycles. The maximum atomic E-state index is 10.3. The van der Waals surface area contributed by atoms with Crippen molar-refractivity contribution >= 4 is 11.9 Å². The van der Waals surface area contributed by atoms with Gasteiger partial charge in [0.2, 0.25) is 5.91 Å². The summed E-state index contributed by atoms with van der Waals surface area (Å²) in [6.45, 7) is 3.48. The molecule has 1 amide bonds. The lowest BCUT2D eigenvalue weighted by molar-refractivity contribution is -0.137. The van der Waals surface area contributed by atoms with Crippen molar-refractivity contribution in [1.29, 1.82) is 0 Å². The lowest BCUT2D eigenvalue weighted by Gasteiger charge is -2.02. The second-order valence-electron chi connectivity index (χ2n) is 6.05. The molecular formula is C18H37NO4. The average Bonchev–Trinajstić information content (AvgIpc) is 2.52. The van der Waals surface area contributed by atoms with Crippen LogP contribution < -0.4 is 5.48 Å². The van der Waals surface area contributed by atoms with Crippen molar-refractivity contribution in [2.75, 3.05) is 0 Å². The van der Waals surface area contributed by atoms with Crippen molar-refractivity contribution in [3.05, 3.63) is 0 Å². The van der Waals surface area contributed by atoms with Gasteiger partial charge in [0.1, 0.15) is 0 Å². The summed E-state index contributed by atoms with van der Waals surface area (Å²) < 4.78 is 0. The SMILES string of the molecule is CC(=O)NO.CCCCCCCCCCCCCCCC(=O)O. The first-order valence-electron chi connectivity index (χ1n) is 9.17. The van der Waals surface area contributed by atoms with E-state index in [0.29, 0.717) is 6.42 Å². The van der Waals surface area contributed by atoms with Crippen molar-refractivity contribution in [2.45, 2.75) is 104 Å². The highest BCUT2D eigenvalue weighted by Gasteiger charge is 1.96. The fourth-order valence-electron chi connectivity index (χ4n) is 2.29. The van der Waals surface area contributed by atoms with Gasteiger partial charge in [0.05, 0.1) is 0 Å². The minimum Gasteiger partial charge on any atom is -0.481 e. The summed E-state index contributed by atoms with van der Waals surface area (Å²) in [5, 5.41) is 16.0. The Labute approximate surface area is 141 Å². The molecule has 3 N–H and O–H groups in total. The van der Waals surface area contributed by atoms with Crippen LogP contribution in [0.15, 0.2) is 0 Å². The molecule has 0 aromatic rings. The molecule has 0 radical (unpaired) electrons. The number of hydroxylamine groups is 1. The molecule has 0 bridgehead atoms. The molecule has 23 heavy (non-hydrogen) atoms. The van der Waals surface area contributed by atoms with Gasteiger partial charge >= 0.3 is 5.97 Å². The smallest absolute Gasteiger partial charge is 0.303 e.